The molecule has 1 atom stereocenters. The molecule has 0 N–H and O–H groups in total. The zero-order chi connectivity index (χ0) is 26.7. The number of halogens is 3. The van der Waals surface area contributed by atoms with Crippen LogP contribution in [0.15, 0.2) is 79.0 Å². The Morgan fingerprint density at radius 1 is 0.974 bits per heavy atom. The van der Waals surface area contributed by atoms with E-state index in [-0.39, 0.29) is 11.7 Å². The van der Waals surface area contributed by atoms with Crippen molar-refractivity contribution in [3.8, 4) is 16.9 Å². The van der Waals surface area contributed by atoms with Gasteiger partial charge in [0, 0.05) is 30.2 Å². The van der Waals surface area contributed by atoms with E-state index in [1.54, 1.807) is 12.1 Å². The Hall–Kier alpha value is -3.87. The third-order valence-electron chi connectivity index (χ3n) is 7.35. The first-order chi connectivity index (χ1) is 18.3. The topological polar surface area (TPSA) is 42.4 Å². The molecule has 0 saturated carbocycles. The molecule has 38 heavy (non-hydrogen) atoms. The molecule has 0 aliphatic carbocycles. The van der Waals surface area contributed by atoms with Crippen molar-refractivity contribution in [2.75, 3.05) is 13.1 Å². The zero-order valence-electron chi connectivity index (χ0n) is 21.2. The van der Waals surface area contributed by atoms with E-state index in [0.717, 1.165) is 47.9 Å². The quantitative estimate of drug-likeness (QED) is 0.273. The van der Waals surface area contributed by atoms with E-state index in [2.05, 4.69) is 21.9 Å². The molecular weight excluding hydrogens is 489 g/mol. The van der Waals surface area contributed by atoms with Gasteiger partial charge < -0.3 is 9.64 Å². The van der Waals surface area contributed by atoms with Crippen LogP contribution in [0.2, 0.25) is 0 Å². The SMILES string of the molecule is Cc1c(C(=O)N2CCCC(Cc3ccnc4ccccc34)CC2)cccc1-c1ccc(OC(F)(F)F)cc1. The van der Waals surface area contributed by atoms with Crippen LogP contribution in [-0.4, -0.2) is 35.2 Å². The molecule has 1 aliphatic rings. The number of hydrogen-bond acceptors (Lipinski definition) is 3. The van der Waals surface area contributed by atoms with Crippen molar-refractivity contribution in [3.63, 3.8) is 0 Å². The van der Waals surface area contributed by atoms with E-state index in [1.807, 2.05) is 54.4 Å². The molecule has 3 aromatic carbocycles. The summed E-state index contributed by atoms with van der Waals surface area (Å²) in [7, 11) is 0. The van der Waals surface area contributed by atoms with Crippen molar-refractivity contribution in [1.29, 1.82) is 0 Å². The molecule has 1 aromatic heterocycles. The number of fused-ring (bicyclic) bond motifs is 1. The molecule has 1 saturated heterocycles. The molecule has 1 amide bonds. The van der Waals surface area contributed by atoms with E-state index in [9.17, 15) is 18.0 Å². The lowest BCUT2D eigenvalue weighted by Crippen LogP contribution is -2.32. The third kappa shape index (κ3) is 5.82. The minimum atomic E-state index is -4.73. The van der Waals surface area contributed by atoms with Gasteiger partial charge in [0.15, 0.2) is 0 Å². The second-order valence-corrected chi connectivity index (χ2v) is 9.83. The van der Waals surface area contributed by atoms with Crippen molar-refractivity contribution in [3.05, 3.63) is 95.7 Å². The molecule has 5 rings (SSSR count). The van der Waals surface area contributed by atoms with Crippen molar-refractivity contribution in [2.45, 2.75) is 39.0 Å². The molecule has 7 heteroatoms. The third-order valence-corrected chi connectivity index (χ3v) is 7.35. The molecular formula is C31H29F3N2O2. The maximum absolute atomic E-state index is 13.6. The van der Waals surface area contributed by atoms with Crippen molar-refractivity contribution < 1.29 is 22.7 Å². The van der Waals surface area contributed by atoms with Crippen molar-refractivity contribution >= 4 is 16.8 Å². The second kappa shape index (κ2) is 10.9. The maximum Gasteiger partial charge on any atom is 0.573 e. The number of ether oxygens (including phenoxy) is 1. The largest absolute Gasteiger partial charge is 0.573 e. The van der Waals surface area contributed by atoms with Gasteiger partial charge >= 0.3 is 6.36 Å². The summed E-state index contributed by atoms with van der Waals surface area (Å²) in [5.74, 6) is 0.213. The number of pyridine rings is 1. The van der Waals surface area contributed by atoms with Gasteiger partial charge in [-0.05, 0) is 91.1 Å². The fourth-order valence-corrected chi connectivity index (χ4v) is 5.40. The summed E-state index contributed by atoms with van der Waals surface area (Å²) in [4.78, 5) is 20.0. The smallest absolute Gasteiger partial charge is 0.406 e. The summed E-state index contributed by atoms with van der Waals surface area (Å²) in [6.45, 7) is 3.29. The number of alkyl halides is 3. The molecule has 0 bridgehead atoms. The molecule has 1 fully saturated rings. The number of para-hydroxylation sites is 1. The van der Waals surface area contributed by atoms with Gasteiger partial charge in [-0.15, -0.1) is 13.2 Å². The number of carbonyl (C=O) groups is 1. The summed E-state index contributed by atoms with van der Waals surface area (Å²) >= 11 is 0. The minimum Gasteiger partial charge on any atom is -0.406 e. The highest BCUT2D eigenvalue weighted by molar-refractivity contribution is 5.97. The second-order valence-electron chi connectivity index (χ2n) is 9.83. The van der Waals surface area contributed by atoms with Gasteiger partial charge in [-0.1, -0.05) is 42.5 Å². The van der Waals surface area contributed by atoms with Gasteiger partial charge in [0.25, 0.3) is 5.91 Å². The molecule has 1 unspecified atom stereocenters. The van der Waals surface area contributed by atoms with E-state index < -0.39 is 6.36 Å². The van der Waals surface area contributed by atoms with Crippen LogP contribution in [0.3, 0.4) is 0 Å². The highest BCUT2D eigenvalue weighted by Gasteiger charge is 2.31. The lowest BCUT2D eigenvalue weighted by atomic mass is 9.91. The number of aromatic nitrogens is 1. The van der Waals surface area contributed by atoms with E-state index >= 15 is 0 Å². The van der Waals surface area contributed by atoms with Gasteiger partial charge in [-0.3, -0.25) is 9.78 Å². The Balaban J connectivity index is 1.28. The normalized spacial score (nSPS) is 16.3. The summed E-state index contributed by atoms with van der Waals surface area (Å²) in [5.41, 5.74) is 5.28. The predicted molar refractivity (Wildman–Crippen MR) is 142 cm³/mol. The van der Waals surface area contributed by atoms with E-state index in [4.69, 9.17) is 0 Å². The fraction of sp³-hybridized carbons (Fsp3) is 0.290. The number of carbonyl (C=O) groups excluding carboxylic acids is 1. The summed E-state index contributed by atoms with van der Waals surface area (Å²) in [6, 6.07) is 21.6. The van der Waals surface area contributed by atoms with Crippen LogP contribution >= 0.6 is 0 Å². The van der Waals surface area contributed by atoms with Crippen molar-refractivity contribution in [1.82, 2.24) is 9.88 Å². The number of benzene rings is 3. The van der Waals surface area contributed by atoms with Crippen LogP contribution in [0.4, 0.5) is 13.2 Å². The summed E-state index contributed by atoms with van der Waals surface area (Å²) < 4.78 is 41.5. The monoisotopic (exact) mass is 518 g/mol. The van der Waals surface area contributed by atoms with E-state index in [1.165, 1.54) is 23.1 Å². The fourth-order valence-electron chi connectivity index (χ4n) is 5.40. The maximum atomic E-state index is 13.6. The molecule has 196 valence electrons. The summed E-state index contributed by atoms with van der Waals surface area (Å²) in [5, 5.41) is 1.19. The first-order valence-corrected chi connectivity index (χ1v) is 12.9. The van der Waals surface area contributed by atoms with Crippen molar-refractivity contribution in [2.24, 2.45) is 5.92 Å². The number of hydrogen-bond donors (Lipinski definition) is 0. The van der Waals surface area contributed by atoms with Crippen LogP contribution in [0.5, 0.6) is 5.75 Å². The Bertz CT molecular complexity index is 1430. The average molecular weight is 519 g/mol. The van der Waals surface area contributed by atoms with Gasteiger partial charge in [-0.25, -0.2) is 0 Å². The first kappa shape index (κ1) is 25.8. The van der Waals surface area contributed by atoms with Crippen LogP contribution in [0.1, 0.15) is 40.7 Å². The minimum absolute atomic E-state index is 0.00335. The number of rotatable bonds is 5. The zero-order valence-corrected chi connectivity index (χ0v) is 21.2. The number of likely N-dealkylation sites (tertiary alicyclic amines) is 1. The highest BCUT2D eigenvalue weighted by atomic mass is 19.4. The van der Waals surface area contributed by atoms with Crippen LogP contribution in [0.25, 0.3) is 22.0 Å². The van der Waals surface area contributed by atoms with Gasteiger partial charge in [0.2, 0.25) is 0 Å². The molecule has 0 radical (unpaired) electrons. The first-order valence-electron chi connectivity index (χ1n) is 12.9. The predicted octanol–water partition coefficient (Wildman–Crippen LogP) is 7.59. The molecule has 0 spiro atoms. The van der Waals surface area contributed by atoms with Crippen LogP contribution in [0, 0.1) is 12.8 Å². The molecule has 1 aliphatic heterocycles. The molecule has 2 heterocycles. The van der Waals surface area contributed by atoms with Gasteiger partial charge in [-0.2, -0.15) is 0 Å². The lowest BCUT2D eigenvalue weighted by Gasteiger charge is -2.23. The Labute approximate surface area is 220 Å². The van der Waals surface area contributed by atoms with E-state index in [0.29, 0.717) is 24.6 Å². The van der Waals surface area contributed by atoms with Gasteiger partial charge in [0.05, 0.1) is 5.52 Å². The number of nitrogens with zero attached hydrogens (tertiary/aromatic N) is 2. The Morgan fingerprint density at radius 3 is 2.55 bits per heavy atom. The molecule has 4 aromatic rings. The standard InChI is InChI=1S/C31H29F3N2O2/c1-21-26(23-11-13-25(14-12-23)38-31(32,33)34)8-4-9-27(21)30(37)36-18-5-6-22(16-19-36)20-24-15-17-35-29-10-3-2-7-28(24)29/h2-4,7-15,17,22H,5-6,16,18-20H2,1H3. The number of amides is 1. The average Bonchev–Trinajstić information content (AvgIpc) is 3.14. The van der Waals surface area contributed by atoms with Crippen LogP contribution < -0.4 is 4.74 Å². The molecule has 4 nitrogen and oxygen atoms in total. The summed E-state index contributed by atoms with van der Waals surface area (Å²) in [6.07, 6.45) is 1.04. The van der Waals surface area contributed by atoms with Gasteiger partial charge in [0.1, 0.15) is 5.75 Å². The lowest BCUT2D eigenvalue weighted by molar-refractivity contribution is -0.274. The highest BCUT2D eigenvalue weighted by Crippen LogP contribution is 2.31. The van der Waals surface area contributed by atoms with Crippen LogP contribution in [-0.2, 0) is 6.42 Å². The Kier molecular flexibility index (Phi) is 7.36. The Morgan fingerprint density at radius 2 is 1.76 bits per heavy atom.